The predicted molar refractivity (Wildman–Crippen MR) is 81.7 cm³/mol. The maximum Gasteiger partial charge on any atom is 0.234 e. The lowest BCUT2D eigenvalue weighted by atomic mass is 10.1. The quantitative estimate of drug-likeness (QED) is 0.781. The highest BCUT2D eigenvalue weighted by molar-refractivity contribution is 5.78. The molecule has 0 radical (unpaired) electrons. The molecule has 0 bridgehead atoms. The van der Waals surface area contributed by atoms with Crippen molar-refractivity contribution in [3.63, 3.8) is 0 Å². The molecule has 1 heterocycles. The van der Waals surface area contributed by atoms with Crippen LogP contribution < -0.4 is 10.6 Å². The average molecular weight is 275 g/mol. The number of likely N-dealkylation sites (N-methyl/N-ethyl adjacent to an activating group) is 1. The smallest absolute Gasteiger partial charge is 0.234 e. The van der Waals surface area contributed by atoms with Gasteiger partial charge in [-0.2, -0.15) is 0 Å². The van der Waals surface area contributed by atoms with E-state index in [9.17, 15) is 4.79 Å². The van der Waals surface area contributed by atoms with Gasteiger partial charge in [0.2, 0.25) is 5.91 Å². The van der Waals surface area contributed by atoms with Gasteiger partial charge in [-0.1, -0.05) is 37.3 Å². The molecule has 4 heteroatoms. The minimum atomic E-state index is 0.134. The fourth-order valence-electron chi connectivity index (χ4n) is 2.68. The van der Waals surface area contributed by atoms with Gasteiger partial charge in [0.15, 0.2) is 0 Å². The summed E-state index contributed by atoms with van der Waals surface area (Å²) in [5.74, 6) is 0.134. The van der Waals surface area contributed by atoms with Crippen LogP contribution in [0.15, 0.2) is 30.3 Å². The molecule has 20 heavy (non-hydrogen) atoms. The molecule has 1 amide bonds. The Kier molecular flexibility index (Phi) is 6.02. The normalized spacial score (nSPS) is 18.4. The predicted octanol–water partition coefficient (Wildman–Crippen LogP) is 1.03. The van der Waals surface area contributed by atoms with Crippen molar-refractivity contribution in [1.29, 1.82) is 0 Å². The first-order valence-electron chi connectivity index (χ1n) is 7.55. The van der Waals surface area contributed by atoms with Crippen LogP contribution in [0, 0.1) is 0 Å². The number of hydrogen-bond donors (Lipinski definition) is 2. The minimum absolute atomic E-state index is 0.134. The maximum absolute atomic E-state index is 12.0. The van der Waals surface area contributed by atoms with Crippen LogP contribution in [0.5, 0.6) is 0 Å². The van der Waals surface area contributed by atoms with Gasteiger partial charge in [-0.3, -0.25) is 9.69 Å². The van der Waals surface area contributed by atoms with Crippen LogP contribution in [0.3, 0.4) is 0 Å². The molecular weight excluding hydrogens is 250 g/mol. The molecule has 1 unspecified atom stereocenters. The second-order valence-corrected chi connectivity index (χ2v) is 5.30. The van der Waals surface area contributed by atoms with Gasteiger partial charge in [-0.05, 0) is 31.5 Å². The zero-order valence-electron chi connectivity index (χ0n) is 12.3. The van der Waals surface area contributed by atoms with E-state index in [1.807, 2.05) is 18.2 Å². The van der Waals surface area contributed by atoms with Crippen molar-refractivity contribution in [2.75, 3.05) is 32.7 Å². The third-order valence-electron chi connectivity index (χ3n) is 3.88. The molecule has 1 fully saturated rings. The molecule has 2 rings (SSSR count). The molecule has 4 nitrogen and oxygen atoms in total. The molecule has 1 atom stereocenters. The minimum Gasteiger partial charge on any atom is -0.355 e. The zero-order valence-corrected chi connectivity index (χ0v) is 12.3. The van der Waals surface area contributed by atoms with Crippen LogP contribution >= 0.6 is 0 Å². The monoisotopic (exact) mass is 275 g/mol. The van der Waals surface area contributed by atoms with E-state index in [1.165, 1.54) is 5.56 Å². The Morgan fingerprint density at radius 3 is 2.85 bits per heavy atom. The Balaban J connectivity index is 1.69. The van der Waals surface area contributed by atoms with E-state index in [2.05, 4.69) is 34.6 Å². The number of hydrogen-bond acceptors (Lipinski definition) is 3. The summed E-state index contributed by atoms with van der Waals surface area (Å²) >= 11 is 0. The third-order valence-corrected chi connectivity index (χ3v) is 3.88. The summed E-state index contributed by atoms with van der Waals surface area (Å²) in [6, 6.07) is 10.8. The number of nitrogens with zero attached hydrogens (tertiary/aromatic N) is 1. The highest BCUT2D eigenvalue weighted by Crippen LogP contribution is 2.07. The van der Waals surface area contributed by atoms with Gasteiger partial charge < -0.3 is 10.6 Å². The molecule has 1 aromatic rings. The molecule has 110 valence electrons. The summed E-state index contributed by atoms with van der Waals surface area (Å²) in [6.45, 7) is 6.34. The Bertz CT molecular complexity index is 401. The van der Waals surface area contributed by atoms with Gasteiger partial charge >= 0.3 is 0 Å². The molecule has 2 N–H and O–H groups in total. The van der Waals surface area contributed by atoms with Gasteiger partial charge in [0.1, 0.15) is 0 Å². The number of carbonyl (C=O) groups excluding carboxylic acids is 1. The lowest BCUT2D eigenvalue weighted by Gasteiger charge is -2.26. The summed E-state index contributed by atoms with van der Waals surface area (Å²) in [7, 11) is 0. The third kappa shape index (κ3) is 4.62. The first-order valence-corrected chi connectivity index (χ1v) is 7.55. The Labute approximate surface area is 121 Å². The van der Waals surface area contributed by atoms with Crippen LogP contribution in [0.25, 0.3) is 0 Å². The SMILES string of the molecule is CCN(CC(=O)NCCc1ccccc1)C1CCNC1. The molecule has 0 aliphatic carbocycles. The van der Waals surface area contributed by atoms with Crippen LogP contribution in [0.1, 0.15) is 18.9 Å². The summed E-state index contributed by atoms with van der Waals surface area (Å²) < 4.78 is 0. The largest absolute Gasteiger partial charge is 0.355 e. The van der Waals surface area contributed by atoms with E-state index in [4.69, 9.17) is 0 Å². The van der Waals surface area contributed by atoms with Gasteiger partial charge in [-0.25, -0.2) is 0 Å². The summed E-state index contributed by atoms with van der Waals surface area (Å²) in [5, 5.41) is 6.37. The highest BCUT2D eigenvalue weighted by Gasteiger charge is 2.22. The molecule has 1 aliphatic rings. The van der Waals surface area contributed by atoms with E-state index >= 15 is 0 Å². The fourth-order valence-corrected chi connectivity index (χ4v) is 2.68. The summed E-state index contributed by atoms with van der Waals surface area (Å²) in [4.78, 5) is 14.2. The van der Waals surface area contributed by atoms with E-state index in [0.29, 0.717) is 19.1 Å². The van der Waals surface area contributed by atoms with Gasteiger partial charge in [0.25, 0.3) is 0 Å². The second kappa shape index (κ2) is 8.02. The van der Waals surface area contributed by atoms with Crippen LogP contribution in [0.4, 0.5) is 0 Å². The zero-order chi connectivity index (χ0) is 14.2. The topological polar surface area (TPSA) is 44.4 Å². The molecule has 0 spiro atoms. The summed E-state index contributed by atoms with van der Waals surface area (Å²) in [5.41, 5.74) is 1.26. The van der Waals surface area contributed by atoms with Gasteiger partial charge in [0.05, 0.1) is 6.54 Å². The van der Waals surface area contributed by atoms with Crippen molar-refractivity contribution in [1.82, 2.24) is 15.5 Å². The first-order chi connectivity index (χ1) is 9.79. The number of carbonyl (C=O) groups is 1. The Morgan fingerprint density at radius 2 is 2.20 bits per heavy atom. The molecule has 1 saturated heterocycles. The van der Waals surface area contributed by atoms with E-state index < -0.39 is 0 Å². The van der Waals surface area contributed by atoms with Gasteiger partial charge in [-0.15, -0.1) is 0 Å². The maximum atomic E-state index is 12.0. The van der Waals surface area contributed by atoms with E-state index in [1.54, 1.807) is 0 Å². The van der Waals surface area contributed by atoms with Crippen molar-refractivity contribution in [2.45, 2.75) is 25.8 Å². The molecule has 0 aromatic heterocycles. The molecule has 0 saturated carbocycles. The number of benzene rings is 1. The van der Waals surface area contributed by atoms with Crippen LogP contribution in [-0.2, 0) is 11.2 Å². The van der Waals surface area contributed by atoms with Crippen molar-refractivity contribution < 1.29 is 4.79 Å². The Hall–Kier alpha value is -1.39. The fraction of sp³-hybridized carbons (Fsp3) is 0.562. The van der Waals surface area contributed by atoms with Crippen molar-refractivity contribution in [3.8, 4) is 0 Å². The van der Waals surface area contributed by atoms with Crippen LogP contribution in [0.2, 0.25) is 0 Å². The lowest BCUT2D eigenvalue weighted by Crippen LogP contribution is -2.44. The van der Waals surface area contributed by atoms with Crippen molar-refractivity contribution in [2.24, 2.45) is 0 Å². The molecular formula is C16H25N3O. The standard InChI is InChI=1S/C16H25N3O/c1-2-19(15-9-10-17-12-15)13-16(20)18-11-8-14-6-4-3-5-7-14/h3-7,15,17H,2,8-13H2,1H3,(H,18,20). The van der Waals surface area contributed by atoms with Crippen molar-refractivity contribution in [3.05, 3.63) is 35.9 Å². The number of nitrogens with one attached hydrogen (secondary N) is 2. The highest BCUT2D eigenvalue weighted by atomic mass is 16.2. The second-order valence-electron chi connectivity index (χ2n) is 5.30. The number of rotatable bonds is 7. The Morgan fingerprint density at radius 1 is 1.40 bits per heavy atom. The molecule has 1 aromatic carbocycles. The van der Waals surface area contributed by atoms with Gasteiger partial charge in [0, 0.05) is 19.1 Å². The number of amides is 1. The van der Waals surface area contributed by atoms with E-state index in [-0.39, 0.29) is 5.91 Å². The molecule has 1 aliphatic heterocycles. The summed E-state index contributed by atoms with van der Waals surface area (Å²) in [6.07, 6.45) is 2.04. The lowest BCUT2D eigenvalue weighted by molar-refractivity contribution is -0.122. The van der Waals surface area contributed by atoms with E-state index in [0.717, 1.165) is 32.5 Å². The van der Waals surface area contributed by atoms with Crippen LogP contribution in [-0.4, -0.2) is 49.6 Å². The van der Waals surface area contributed by atoms with Crippen molar-refractivity contribution >= 4 is 5.91 Å². The first kappa shape index (κ1) is 15.0. The average Bonchev–Trinajstić information content (AvgIpc) is 3.00.